The number of anilines is 2. The summed E-state index contributed by atoms with van der Waals surface area (Å²) in [4.78, 5) is 29.6. The SMILES string of the molecule is Cc1noc(C2(C)C(=O)Nc3nc(-c4nc(CCC(F)(F)C(F)(F)F)n5cc(F)ccc45)nc(N)c32)n1. The number of aryl methyl sites for hydroxylation is 2. The Morgan fingerprint density at radius 1 is 1.14 bits per heavy atom. The van der Waals surface area contributed by atoms with Crippen LogP contribution in [0.4, 0.5) is 38.0 Å². The molecule has 0 spiro atoms. The number of aromatic nitrogens is 6. The molecule has 0 fully saturated rings. The summed E-state index contributed by atoms with van der Waals surface area (Å²) in [6.07, 6.45) is -7.33. The average Bonchev–Trinajstić information content (AvgIpc) is 3.46. The van der Waals surface area contributed by atoms with E-state index in [9.17, 15) is 31.1 Å². The van der Waals surface area contributed by atoms with Gasteiger partial charge in [0.25, 0.3) is 0 Å². The molecule has 0 saturated carbocycles. The van der Waals surface area contributed by atoms with Crippen LogP contribution in [-0.2, 0) is 16.6 Å². The molecule has 3 N–H and O–H groups in total. The number of nitrogens with two attached hydrogens (primary N) is 1. The molecule has 10 nitrogen and oxygen atoms in total. The Balaban J connectivity index is 1.60. The van der Waals surface area contributed by atoms with Crippen LogP contribution in [0.25, 0.3) is 17.0 Å². The molecule has 4 aromatic rings. The number of hydrogen-bond acceptors (Lipinski definition) is 8. The highest BCUT2D eigenvalue weighted by molar-refractivity contribution is 6.08. The van der Waals surface area contributed by atoms with E-state index in [0.717, 1.165) is 16.7 Å². The molecule has 1 unspecified atom stereocenters. The summed E-state index contributed by atoms with van der Waals surface area (Å²) in [5.41, 5.74) is 4.84. The summed E-state index contributed by atoms with van der Waals surface area (Å²) in [5, 5.41) is 6.24. The minimum Gasteiger partial charge on any atom is -0.383 e. The lowest BCUT2D eigenvalue weighted by atomic mass is 9.84. The van der Waals surface area contributed by atoms with Gasteiger partial charge in [-0.3, -0.25) is 4.79 Å². The van der Waals surface area contributed by atoms with Crippen molar-refractivity contribution in [1.82, 2.24) is 29.5 Å². The summed E-state index contributed by atoms with van der Waals surface area (Å²) in [5.74, 6) is -6.79. The van der Waals surface area contributed by atoms with Crippen LogP contribution in [0.15, 0.2) is 22.9 Å². The highest BCUT2D eigenvalue weighted by atomic mass is 19.4. The number of nitrogens with one attached hydrogen (secondary N) is 1. The standard InChI is InChI=1S/C21H16F6N8O2/c1-8-29-18(37-34-8)19(2)12-14(28)31-16(32-15(12)33-17(19)36)13-10-4-3-9(22)7-35(10)11(30-13)5-6-20(23,24)21(25,26)27/h3-4,7H,5-6H2,1-2H3,(H3,28,31,32,33,36). The molecule has 194 valence electrons. The number of carbonyl (C=O) groups is 1. The Hall–Kier alpha value is -4.24. The van der Waals surface area contributed by atoms with Crippen LogP contribution in [0.2, 0.25) is 0 Å². The number of nitrogen functional groups attached to an aromatic ring is 1. The lowest BCUT2D eigenvalue weighted by molar-refractivity contribution is -0.284. The zero-order valence-electron chi connectivity index (χ0n) is 19.0. The zero-order valence-corrected chi connectivity index (χ0v) is 19.0. The number of alkyl halides is 5. The van der Waals surface area contributed by atoms with E-state index in [2.05, 4.69) is 30.4 Å². The van der Waals surface area contributed by atoms with E-state index in [0.29, 0.717) is 0 Å². The minimum absolute atomic E-state index is 0.0146. The molecule has 1 aliphatic rings. The van der Waals surface area contributed by atoms with Crippen LogP contribution >= 0.6 is 0 Å². The summed E-state index contributed by atoms with van der Waals surface area (Å²) in [6.45, 7) is 3.04. The van der Waals surface area contributed by atoms with Gasteiger partial charge in [0.1, 0.15) is 29.0 Å². The summed E-state index contributed by atoms with van der Waals surface area (Å²) in [7, 11) is 0. The molecule has 0 radical (unpaired) electrons. The van der Waals surface area contributed by atoms with Gasteiger partial charge < -0.3 is 20.0 Å². The third-order valence-corrected chi connectivity index (χ3v) is 6.04. The van der Waals surface area contributed by atoms with Gasteiger partial charge in [0.2, 0.25) is 11.8 Å². The molecule has 4 aromatic heterocycles. The fourth-order valence-electron chi connectivity index (χ4n) is 4.09. The van der Waals surface area contributed by atoms with Crippen molar-refractivity contribution in [1.29, 1.82) is 0 Å². The van der Waals surface area contributed by atoms with Crippen molar-refractivity contribution in [3.63, 3.8) is 0 Å². The number of amides is 1. The first-order valence-electron chi connectivity index (χ1n) is 10.6. The predicted octanol–water partition coefficient (Wildman–Crippen LogP) is 3.59. The quantitative estimate of drug-likeness (QED) is 0.377. The van der Waals surface area contributed by atoms with Crippen molar-refractivity contribution in [3.8, 4) is 11.5 Å². The number of rotatable bonds is 5. The molecule has 1 aliphatic heterocycles. The van der Waals surface area contributed by atoms with E-state index >= 15 is 0 Å². The van der Waals surface area contributed by atoms with Crippen LogP contribution in [0.3, 0.4) is 0 Å². The van der Waals surface area contributed by atoms with E-state index in [-0.39, 0.29) is 51.8 Å². The Bertz CT molecular complexity index is 1560. The Kier molecular flexibility index (Phi) is 5.21. The third kappa shape index (κ3) is 3.74. The van der Waals surface area contributed by atoms with Crippen molar-refractivity contribution in [2.75, 3.05) is 11.1 Å². The molecule has 16 heteroatoms. The molecule has 1 amide bonds. The molecule has 37 heavy (non-hydrogen) atoms. The fourth-order valence-corrected chi connectivity index (χ4v) is 4.09. The van der Waals surface area contributed by atoms with Gasteiger partial charge in [0.05, 0.1) is 11.1 Å². The second-order valence-electron chi connectivity index (χ2n) is 8.56. The van der Waals surface area contributed by atoms with Crippen LogP contribution < -0.4 is 11.1 Å². The summed E-state index contributed by atoms with van der Waals surface area (Å²) < 4.78 is 85.2. The minimum atomic E-state index is -5.76. The van der Waals surface area contributed by atoms with Crippen molar-refractivity contribution in [3.05, 3.63) is 47.2 Å². The number of imidazole rings is 1. The van der Waals surface area contributed by atoms with Crippen LogP contribution in [-0.4, -0.2) is 47.5 Å². The Morgan fingerprint density at radius 2 is 1.86 bits per heavy atom. The number of fused-ring (bicyclic) bond motifs is 2. The number of nitrogens with zero attached hydrogens (tertiary/aromatic N) is 6. The van der Waals surface area contributed by atoms with Gasteiger partial charge in [0, 0.05) is 19.0 Å². The van der Waals surface area contributed by atoms with Gasteiger partial charge in [-0.05, 0) is 26.0 Å². The van der Waals surface area contributed by atoms with E-state index in [4.69, 9.17) is 10.3 Å². The van der Waals surface area contributed by atoms with Crippen molar-refractivity contribution < 1.29 is 35.7 Å². The van der Waals surface area contributed by atoms with Crippen molar-refractivity contribution >= 4 is 23.1 Å². The molecule has 0 aliphatic carbocycles. The van der Waals surface area contributed by atoms with E-state index in [1.54, 1.807) is 6.92 Å². The van der Waals surface area contributed by atoms with Gasteiger partial charge in [-0.2, -0.15) is 26.9 Å². The lowest BCUT2D eigenvalue weighted by Crippen LogP contribution is -2.36. The molecular formula is C21H16F6N8O2. The molecule has 5 rings (SSSR count). The number of hydrogen-bond donors (Lipinski definition) is 2. The topological polar surface area (TPSA) is 137 Å². The predicted molar refractivity (Wildman–Crippen MR) is 114 cm³/mol. The highest BCUT2D eigenvalue weighted by Gasteiger charge is 2.57. The summed E-state index contributed by atoms with van der Waals surface area (Å²) >= 11 is 0. The second kappa shape index (κ2) is 7.88. The second-order valence-corrected chi connectivity index (χ2v) is 8.56. The van der Waals surface area contributed by atoms with Gasteiger partial charge in [-0.1, -0.05) is 5.16 Å². The number of pyridine rings is 1. The van der Waals surface area contributed by atoms with Gasteiger partial charge in [-0.25, -0.2) is 19.3 Å². The van der Waals surface area contributed by atoms with Crippen molar-refractivity contribution in [2.24, 2.45) is 0 Å². The van der Waals surface area contributed by atoms with Gasteiger partial charge in [0.15, 0.2) is 17.1 Å². The maximum atomic E-state index is 13.9. The molecule has 1 atom stereocenters. The lowest BCUT2D eigenvalue weighted by Gasteiger charge is -2.18. The third-order valence-electron chi connectivity index (χ3n) is 6.04. The Morgan fingerprint density at radius 3 is 2.51 bits per heavy atom. The highest BCUT2D eigenvalue weighted by Crippen LogP contribution is 2.44. The van der Waals surface area contributed by atoms with E-state index in [1.807, 2.05) is 0 Å². The van der Waals surface area contributed by atoms with E-state index in [1.165, 1.54) is 13.0 Å². The van der Waals surface area contributed by atoms with Crippen molar-refractivity contribution in [2.45, 2.75) is 44.2 Å². The Labute approximate surface area is 202 Å². The smallest absolute Gasteiger partial charge is 0.383 e. The van der Waals surface area contributed by atoms with Crippen LogP contribution in [0.5, 0.6) is 0 Å². The average molecular weight is 526 g/mol. The molecule has 0 aromatic carbocycles. The fraction of sp³-hybridized carbons (Fsp3) is 0.333. The monoisotopic (exact) mass is 526 g/mol. The van der Waals surface area contributed by atoms with Gasteiger partial charge >= 0.3 is 12.1 Å². The van der Waals surface area contributed by atoms with Crippen LogP contribution in [0.1, 0.15) is 36.4 Å². The molecule has 0 bridgehead atoms. The first-order valence-corrected chi connectivity index (χ1v) is 10.6. The largest absolute Gasteiger partial charge is 0.453 e. The maximum absolute atomic E-state index is 13.9. The first kappa shape index (κ1) is 24.5. The van der Waals surface area contributed by atoms with E-state index < -0.39 is 42.1 Å². The first-order chi connectivity index (χ1) is 17.2. The number of carbonyl (C=O) groups excluding carboxylic acids is 1. The summed E-state index contributed by atoms with van der Waals surface area (Å²) in [6, 6.07) is 2.28. The zero-order chi connectivity index (χ0) is 26.9. The van der Waals surface area contributed by atoms with Gasteiger partial charge in [-0.15, -0.1) is 0 Å². The molecule has 0 saturated heterocycles. The van der Waals surface area contributed by atoms with Crippen LogP contribution in [0, 0.1) is 12.7 Å². The maximum Gasteiger partial charge on any atom is 0.453 e. The molecular weight excluding hydrogens is 510 g/mol. The number of halogens is 6. The molecule has 5 heterocycles. The normalized spacial score (nSPS) is 17.9.